The van der Waals surface area contributed by atoms with Crippen LogP contribution in [0.25, 0.3) is 16.6 Å². The van der Waals surface area contributed by atoms with Crippen LogP contribution in [-0.2, 0) is 6.54 Å². The van der Waals surface area contributed by atoms with Gasteiger partial charge in [0.25, 0.3) is 5.91 Å². The van der Waals surface area contributed by atoms with E-state index in [9.17, 15) is 23.9 Å². The minimum atomic E-state index is -1.33. The number of carboxylic acid groups (broad SMARTS) is 1. The van der Waals surface area contributed by atoms with Crippen LogP contribution in [0.4, 0.5) is 4.39 Å². The SMILES string of the molecule is COc1ccc2c(=O)c(CNC(=O)c3ccc(F)cc3)c(C(=O)O)n(-c3ccccc3)c2c1. The smallest absolute Gasteiger partial charge is 0.353 e. The zero-order valence-corrected chi connectivity index (χ0v) is 17.5. The van der Waals surface area contributed by atoms with Crippen molar-refractivity contribution in [1.82, 2.24) is 9.88 Å². The van der Waals surface area contributed by atoms with E-state index in [0.717, 1.165) is 12.1 Å². The van der Waals surface area contributed by atoms with Crippen molar-refractivity contribution in [3.05, 3.63) is 106 Å². The topological polar surface area (TPSA) is 97.6 Å². The molecule has 4 aromatic rings. The molecule has 33 heavy (non-hydrogen) atoms. The van der Waals surface area contributed by atoms with E-state index in [4.69, 9.17) is 4.74 Å². The largest absolute Gasteiger partial charge is 0.497 e. The fourth-order valence-electron chi connectivity index (χ4n) is 3.65. The van der Waals surface area contributed by atoms with Gasteiger partial charge in [-0.3, -0.25) is 9.59 Å². The molecule has 1 heterocycles. The second-order valence-corrected chi connectivity index (χ2v) is 7.21. The van der Waals surface area contributed by atoms with Crippen LogP contribution in [-0.4, -0.2) is 28.7 Å². The summed E-state index contributed by atoms with van der Waals surface area (Å²) in [5.41, 5.74) is 0.195. The van der Waals surface area contributed by atoms with Crippen molar-refractivity contribution in [2.24, 2.45) is 0 Å². The Morgan fingerprint density at radius 2 is 1.73 bits per heavy atom. The molecule has 0 bridgehead atoms. The van der Waals surface area contributed by atoms with Crippen LogP contribution in [0.5, 0.6) is 5.75 Å². The zero-order valence-electron chi connectivity index (χ0n) is 17.5. The van der Waals surface area contributed by atoms with E-state index >= 15 is 0 Å². The number of fused-ring (bicyclic) bond motifs is 1. The number of methoxy groups -OCH3 is 1. The third-order valence-electron chi connectivity index (χ3n) is 5.22. The van der Waals surface area contributed by atoms with Crippen LogP contribution in [0, 0.1) is 5.82 Å². The molecule has 1 amide bonds. The molecule has 166 valence electrons. The molecule has 0 radical (unpaired) electrons. The average molecular weight is 446 g/mol. The van der Waals surface area contributed by atoms with Gasteiger partial charge in [-0.2, -0.15) is 0 Å². The van der Waals surface area contributed by atoms with Crippen LogP contribution in [0.3, 0.4) is 0 Å². The predicted molar refractivity (Wildman–Crippen MR) is 121 cm³/mol. The summed E-state index contributed by atoms with van der Waals surface area (Å²) in [5, 5.41) is 12.9. The molecule has 0 aliphatic carbocycles. The standard InChI is InChI=1S/C25H19FN2O5/c1-33-18-11-12-19-21(13-18)28(17-5-3-2-4-6-17)22(25(31)32)20(23(19)29)14-27-24(30)15-7-9-16(26)10-8-15/h2-13H,14H2,1H3,(H,27,30)(H,31,32). The van der Waals surface area contributed by atoms with Crippen LogP contribution < -0.4 is 15.5 Å². The number of aromatic carboxylic acids is 1. The third kappa shape index (κ3) is 4.18. The van der Waals surface area contributed by atoms with Crippen molar-refractivity contribution in [3.8, 4) is 11.4 Å². The van der Waals surface area contributed by atoms with Crippen molar-refractivity contribution in [3.63, 3.8) is 0 Å². The van der Waals surface area contributed by atoms with E-state index in [0.29, 0.717) is 17.0 Å². The Morgan fingerprint density at radius 3 is 2.36 bits per heavy atom. The number of ether oxygens (including phenoxy) is 1. The number of nitrogens with zero attached hydrogens (tertiary/aromatic N) is 1. The fraction of sp³-hybridized carbons (Fsp3) is 0.0800. The second-order valence-electron chi connectivity index (χ2n) is 7.21. The van der Waals surface area contributed by atoms with Crippen LogP contribution in [0.15, 0.2) is 77.6 Å². The van der Waals surface area contributed by atoms with Crippen molar-refractivity contribution < 1.29 is 23.8 Å². The number of carbonyl (C=O) groups is 2. The van der Waals surface area contributed by atoms with Crippen LogP contribution >= 0.6 is 0 Å². The normalized spacial score (nSPS) is 10.7. The van der Waals surface area contributed by atoms with Gasteiger partial charge in [0.1, 0.15) is 17.3 Å². The lowest BCUT2D eigenvalue weighted by molar-refractivity contribution is 0.0685. The molecular formula is C25H19FN2O5. The van der Waals surface area contributed by atoms with Crippen molar-refractivity contribution >= 4 is 22.8 Å². The van der Waals surface area contributed by atoms with Gasteiger partial charge < -0.3 is 19.7 Å². The first-order valence-electron chi connectivity index (χ1n) is 9.99. The van der Waals surface area contributed by atoms with E-state index in [1.54, 1.807) is 48.5 Å². The van der Waals surface area contributed by atoms with Gasteiger partial charge in [0.05, 0.1) is 18.2 Å². The Bertz CT molecular complexity index is 1410. The monoisotopic (exact) mass is 446 g/mol. The van der Waals surface area contributed by atoms with E-state index in [2.05, 4.69) is 5.32 Å². The highest BCUT2D eigenvalue weighted by Crippen LogP contribution is 2.25. The van der Waals surface area contributed by atoms with Crippen LogP contribution in [0.2, 0.25) is 0 Å². The van der Waals surface area contributed by atoms with Crippen molar-refractivity contribution in [2.45, 2.75) is 6.54 Å². The summed E-state index contributed by atoms with van der Waals surface area (Å²) in [7, 11) is 1.48. The number of halogens is 1. The van der Waals surface area contributed by atoms with Gasteiger partial charge in [0, 0.05) is 29.2 Å². The minimum absolute atomic E-state index is 0.0838. The van der Waals surface area contributed by atoms with E-state index < -0.39 is 23.1 Å². The van der Waals surface area contributed by atoms with E-state index in [1.165, 1.54) is 23.8 Å². The van der Waals surface area contributed by atoms with Crippen molar-refractivity contribution in [2.75, 3.05) is 7.11 Å². The average Bonchev–Trinajstić information content (AvgIpc) is 2.83. The maximum atomic E-state index is 13.3. The van der Waals surface area contributed by atoms with Gasteiger partial charge in [-0.25, -0.2) is 9.18 Å². The molecule has 0 atom stereocenters. The quantitative estimate of drug-likeness (QED) is 0.470. The Morgan fingerprint density at radius 1 is 1.03 bits per heavy atom. The summed E-state index contributed by atoms with van der Waals surface area (Å²) < 4.78 is 19.9. The van der Waals surface area contributed by atoms with E-state index in [-0.39, 0.29) is 28.8 Å². The molecule has 0 aliphatic heterocycles. The maximum Gasteiger partial charge on any atom is 0.353 e. The number of para-hydroxylation sites is 1. The van der Waals surface area contributed by atoms with Gasteiger partial charge >= 0.3 is 5.97 Å². The molecule has 0 saturated carbocycles. The molecule has 3 aromatic carbocycles. The molecule has 7 nitrogen and oxygen atoms in total. The van der Waals surface area contributed by atoms with Gasteiger partial charge in [-0.15, -0.1) is 0 Å². The number of hydrogen-bond acceptors (Lipinski definition) is 4. The summed E-state index contributed by atoms with van der Waals surface area (Å²) in [6, 6.07) is 18.4. The maximum absolute atomic E-state index is 13.3. The lowest BCUT2D eigenvalue weighted by Gasteiger charge is -2.19. The molecule has 0 aliphatic rings. The molecule has 8 heteroatoms. The molecule has 0 fully saturated rings. The summed E-state index contributed by atoms with van der Waals surface area (Å²) in [4.78, 5) is 38.2. The number of amides is 1. The highest BCUT2D eigenvalue weighted by molar-refractivity contribution is 5.96. The zero-order chi connectivity index (χ0) is 23.5. The van der Waals surface area contributed by atoms with Gasteiger partial charge in [-0.1, -0.05) is 18.2 Å². The lowest BCUT2D eigenvalue weighted by atomic mass is 10.1. The summed E-state index contributed by atoms with van der Waals surface area (Å²) >= 11 is 0. The molecule has 0 saturated heterocycles. The number of benzene rings is 3. The number of nitrogens with one attached hydrogen (secondary N) is 1. The predicted octanol–water partition coefficient (Wildman–Crippen LogP) is 3.77. The summed E-state index contributed by atoms with van der Waals surface area (Å²) in [6.45, 7) is -0.328. The van der Waals surface area contributed by atoms with Gasteiger partial charge in [0.2, 0.25) is 0 Å². The first kappa shape index (κ1) is 21.8. The highest BCUT2D eigenvalue weighted by Gasteiger charge is 2.24. The Kier molecular flexibility index (Phi) is 5.91. The molecule has 0 spiro atoms. The summed E-state index contributed by atoms with van der Waals surface area (Å²) in [6.07, 6.45) is 0. The molecule has 0 unspecified atom stereocenters. The number of pyridine rings is 1. The Balaban J connectivity index is 1.90. The number of aromatic nitrogens is 1. The lowest BCUT2D eigenvalue weighted by Crippen LogP contribution is -2.30. The fourth-order valence-corrected chi connectivity index (χ4v) is 3.65. The Labute approximate surface area is 187 Å². The number of carbonyl (C=O) groups excluding carboxylic acids is 1. The third-order valence-corrected chi connectivity index (χ3v) is 5.22. The second kappa shape index (κ2) is 8.96. The number of rotatable bonds is 6. The highest BCUT2D eigenvalue weighted by atomic mass is 19.1. The van der Waals surface area contributed by atoms with Gasteiger partial charge in [-0.05, 0) is 48.5 Å². The number of carboxylic acids is 1. The van der Waals surface area contributed by atoms with Crippen molar-refractivity contribution in [1.29, 1.82) is 0 Å². The Hall–Kier alpha value is -4.46. The van der Waals surface area contributed by atoms with Crippen LogP contribution in [0.1, 0.15) is 26.4 Å². The summed E-state index contributed by atoms with van der Waals surface area (Å²) in [5.74, 6) is -1.92. The van der Waals surface area contributed by atoms with Gasteiger partial charge in [0.15, 0.2) is 5.43 Å². The molecular weight excluding hydrogens is 427 g/mol. The first-order chi connectivity index (χ1) is 15.9. The molecule has 1 aromatic heterocycles. The minimum Gasteiger partial charge on any atom is -0.497 e. The number of hydrogen-bond donors (Lipinski definition) is 2. The molecule has 4 rings (SSSR count). The molecule has 2 N–H and O–H groups in total. The first-order valence-corrected chi connectivity index (χ1v) is 9.99. The van der Waals surface area contributed by atoms with E-state index in [1.807, 2.05) is 0 Å².